The van der Waals surface area contributed by atoms with Crippen LogP contribution in [0.5, 0.6) is 0 Å². The standard InChI is InChI=1S/C13H22ClN3O2/c1-5-7-15-11(13(18)19-6-2)8-17-10(4)12(14)9(3)16-17/h11,15H,5-8H2,1-4H3. The lowest BCUT2D eigenvalue weighted by molar-refractivity contribution is -0.146. The van der Waals surface area contributed by atoms with Crippen molar-refractivity contribution in [1.29, 1.82) is 0 Å². The molecule has 1 aromatic rings. The van der Waals surface area contributed by atoms with Crippen molar-refractivity contribution in [3.05, 3.63) is 16.4 Å². The molecule has 0 aliphatic carbocycles. The minimum absolute atomic E-state index is 0.250. The molecule has 108 valence electrons. The number of esters is 1. The lowest BCUT2D eigenvalue weighted by Crippen LogP contribution is -2.42. The SMILES string of the molecule is CCCNC(Cn1nc(C)c(Cl)c1C)C(=O)OCC. The summed E-state index contributed by atoms with van der Waals surface area (Å²) in [5.74, 6) is -0.250. The first kappa shape index (κ1) is 16.0. The van der Waals surface area contributed by atoms with Gasteiger partial charge in [0.25, 0.3) is 0 Å². The third kappa shape index (κ3) is 4.21. The second kappa shape index (κ2) is 7.50. The summed E-state index contributed by atoms with van der Waals surface area (Å²) in [5, 5.41) is 8.17. The molecular formula is C13H22ClN3O2. The van der Waals surface area contributed by atoms with Gasteiger partial charge in [-0.15, -0.1) is 0 Å². The Morgan fingerprint density at radius 1 is 1.47 bits per heavy atom. The first-order valence-corrected chi connectivity index (χ1v) is 6.98. The number of ether oxygens (including phenoxy) is 1. The quantitative estimate of drug-likeness (QED) is 0.780. The highest BCUT2D eigenvalue weighted by Crippen LogP contribution is 2.19. The Morgan fingerprint density at radius 3 is 2.63 bits per heavy atom. The van der Waals surface area contributed by atoms with Crippen LogP contribution in [0.3, 0.4) is 0 Å². The van der Waals surface area contributed by atoms with Crippen molar-refractivity contribution in [2.75, 3.05) is 13.2 Å². The largest absolute Gasteiger partial charge is 0.465 e. The van der Waals surface area contributed by atoms with E-state index in [4.69, 9.17) is 16.3 Å². The summed E-state index contributed by atoms with van der Waals surface area (Å²) in [6, 6.07) is -0.394. The molecular weight excluding hydrogens is 266 g/mol. The van der Waals surface area contributed by atoms with E-state index in [1.165, 1.54) is 0 Å². The number of carbonyl (C=O) groups is 1. The van der Waals surface area contributed by atoms with Crippen molar-refractivity contribution >= 4 is 17.6 Å². The molecule has 1 aromatic heterocycles. The Balaban J connectivity index is 2.81. The molecule has 1 atom stereocenters. The van der Waals surface area contributed by atoms with E-state index in [-0.39, 0.29) is 5.97 Å². The zero-order valence-electron chi connectivity index (χ0n) is 12.0. The highest BCUT2D eigenvalue weighted by Gasteiger charge is 2.21. The zero-order chi connectivity index (χ0) is 14.4. The van der Waals surface area contributed by atoms with E-state index in [9.17, 15) is 4.79 Å². The average molecular weight is 288 g/mol. The van der Waals surface area contributed by atoms with Crippen LogP contribution < -0.4 is 5.32 Å². The van der Waals surface area contributed by atoms with Gasteiger partial charge < -0.3 is 10.1 Å². The molecule has 0 aliphatic heterocycles. The number of halogens is 1. The topological polar surface area (TPSA) is 56.2 Å². The Morgan fingerprint density at radius 2 is 2.16 bits per heavy atom. The Kier molecular flexibility index (Phi) is 6.31. The maximum absolute atomic E-state index is 11.9. The van der Waals surface area contributed by atoms with E-state index in [0.717, 1.165) is 24.4 Å². The fraction of sp³-hybridized carbons (Fsp3) is 0.692. The average Bonchev–Trinajstić information content (AvgIpc) is 2.62. The van der Waals surface area contributed by atoms with Gasteiger partial charge in [0.15, 0.2) is 0 Å². The number of nitrogens with zero attached hydrogens (tertiary/aromatic N) is 2. The molecule has 0 saturated carbocycles. The molecule has 1 rings (SSSR count). The molecule has 1 unspecified atom stereocenters. The van der Waals surface area contributed by atoms with Crippen LogP contribution in [0.4, 0.5) is 0 Å². The van der Waals surface area contributed by atoms with Crippen molar-refractivity contribution in [1.82, 2.24) is 15.1 Å². The van der Waals surface area contributed by atoms with Crippen molar-refractivity contribution in [3.8, 4) is 0 Å². The van der Waals surface area contributed by atoms with Crippen molar-refractivity contribution in [3.63, 3.8) is 0 Å². The molecule has 1 N–H and O–H groups in total. The second-order valence-electron chi connectivity index (χ2n) is 4.43. The summed E-state index contributed by atoms with van der Waals surface area (Å²) in [6.07, 6.45) is 0.952. The van der Waals surface area contributed by atoms with Gasteiger partial charge in [-0.2, -0.15) is 5.10 Å². The van der Waals surface area contributed by atoms with Crippen LogP contribution in [-0.4, -0.2) is 34.9 Å². The first-order valence-electron chi connectivity index (χ1n) is 6.60. The summed E-state index contributed by atoms with van der Waals surface area (Å²) in [4.78, 5) is 11.9. The van der Waals surface area contributed by atoms with Crippen LogP contribution >= 0.6 is 11.6 Å². The molecule has 19 heavy (non-hydrogen) atoms. The third-order valence-electron chi connectivity index (χ3n) is 2.86. The van der Waals surface area contributed by atoms with Crippen molar-refractivity contribution < 1.29 is 9.53 Å². The second-order valence-corrected chi connectivity index (χ2v) is 4.80. The van der Waals surface area contributed by atoms with Gasteiger partial charge in [-0.25, -0.2) is 0 Å². The third-order valence-corrected chi connectivity index (χ3v) is 3.41. The number of hydrogen-bond donors (Lipinski definition) is 1. The van der Waals surface area contributed by atoms with E-state index < -0.39 is 6.04 Å². The maximum atomic E-state index is 11.9. The van der Waals surface area contributed by atoms with Crippen LogP contribution in [0, 0.1) is 13.8 Å². The van der Waals surface area contributed by atoms with Crippen LogP contribution in [0.15, 0.2) is 0 Å². The molecule has 0 saturated heterocycles. The van der Waals surface area contributed by atoms with Gasteiger partial charge in [0, 0.05) is 0 Å². The number of carbonyl (C=O) groups excluding carboxylic acids is 1. The lowest BCUT2D eigenvalue weighted by atomic mass is 10.2. The minimum atomic E-state index is -0.394. The van der Waals surface area contributed by atoms with E-state index in [1.807, 2.05) is 13.8 Å². The summed E-state index contributed by atoms with van der Waals surface area (Å²) in [5.41, 5.74) is 1.64. The zero-order valence-corrected chi connectivity index (χ0v) is 12.8. The lowest BCUT2D eigenvalue weighted by Gasteiger charge is -2.17. The molecule has 0 fully saturated rings. The van der Waals surface area contributed by atoms with Gasteiger partial charge >= 0.3 is 5.97 Å². The summed E-state index contributed by atoms with van der Waals surface area (Å²) in [6.45, 7) is 9.16. The minimum Gasteiger partial charge on any atom is -0.465 e. The molecule has 0 aromatic carbocycles. The Labute approximate surface area is 119 Å². The van der Waals surface area contributed by atoms with Gasteiger partial charge in [-0.05, 0) is 33.7 Å². The molecule has 1 heterocycles. The van der Waals surface area contributed by atoms with Crippen LogP contribution in [0.1, 0.15) is 31.7 Å². The van der Waals surface area contributed by atoms with Crippen molar-refractivity contribution in [2.24, 2.45) is 0 Å². The van der Waals surface area contributed by atoms with Crippen LogP contribution in [0.25, 0.3) is 0 Å². The fourth-order valence-corrected chi connectivity index (χ4v) is 1.94. The molecule has 0 bridgehead atoms. The van der Waals surface area contributed by atoms with Gasteiger partial charge in [0.05, 0.1) is 29.6 Å². The van der Waals surface area contributed by atoms with E-state index in [0.29, 0.717) is 18.2 Å². The fourth-order valence-electron chi connectivity index (χ4n) is 1.81. The number of rotatable bonds is 7. The monoisotopic (exact) mass is 287 g/mol. The molecule has 0 amide bonds. The maximum Gasteiger partial charge on any atom is 0.325 e. The predicted octanol–water partition coefficient (Wildman–Crippen LogP) is 2.08. The van der Waals surface area contributed by atoms with E-state index in [2.05, 4.69) is 17.3 Å². The Hall–Kier alpha value is -1.07. The highest BCUT2D eigenvalue weighted by atomic mass is 35.5. The Bertz CT molecular complexity index is 432. The van der Waals surface area contributed by atoms with Gasteiger partial charge in [-0.3, -0.25) is 9.48 Å². The normalized spacial score (nSPS) is 12.5. The predicted molar refractivity (Wildman–Crippen MR) is 75.4 cm³/mol. The van der Waals surface area contributed by atoms with Gasteiger partial charge in [0.1, 0.15) is 6.04 Å². The number of hydrogen-bond acceptors (Lipinski definition) is 4. The number of aryl methyl sites for hydroxylation is 1. The molecule has 0 spiro atoms. The first-order chi connectivity index (χ1) is 9.01. The molecule has 6 heteroatoms. The summed E-state index contributed by atoms with van der Waals surface area (Å²) in [7, 11) is 0. The van der Waals surface area contributed by atoms with Gasteiger partial charge in [0.2, 0.25) is 0 Å². The summed E-state index contributed by atoms with van der Waals surface area (Å²) >= 11 is 6.11. The molecule has 0 radical (unpaired) electrons. The summed E-state index contributed by atoms with van der Waals surface area (Å²) < 4.78 is 6.83. The smallest absolute Gasteiger partial charge is 0.325 e. The molecule has 5 nitrogen and oxygen atoms in total. The number of nitrogens with one attached hydrogen (secondary N) is 1. The number of aromatic nitrogens is 2. The van der Waals surface area contributed by atoms with Crippen LogP contribution in [-0.2, 0) is 16.1 Å². The molecule has 0 aliphatic rings. The van der Waals surface area contributed by atoms with Crippen molar-refractivity contribution in [2.45, 2.75) is 46.7 Å². The van der Waals surface area contributed by atoms with E-state index >= 15 is 0 Å². The highest BCUT2D eigenvalue weighted by molar-refractivity contribution is 6.31. The van der Waals surface area contributed by atoms with Crippen LogP contribution in [0.2, 0.25) is 5.02 Å². The van der Waals surface area contributed by atoms with Gasteiger partial charge in [-0.1, -0.05) is 18.5 Å². The van der Waals surface area contributed by atoms with E-state index in [1.54, 1.807) is 11.6 Å².